The van der Waals surface area contributed by atoms with Crippen molar-refractivity contribution in [3.63, 3.8) is 0 Å². The fraction of sp³-hybridized carbons (Fsp3) is 0.267. The largest absolute Gasteiger partial charge is 0.479 e. The third-order valence-electron chi connectivity index (χ3n) is 3.30. The zero-order valence-electron chi connectivity index (χ0n) is 12.4. The molecular formula is C15H16FN3O3. The van der Waals surface area contributed by atoms with Crippen molar-refractivity contribution in [2.75, 3.05) is 5.32 Å². The summed E-state index contributed by atoms with van der Waals surface area (Å²) in [5.41, 5.74) is -0.280. The first-order chi connectivity index (χ1) is 10.2. The number of carbonyl (C=O) groups is 2. The van der Waals surface area contributed by atoms with Gasteiger partial charge in [0, 0.05) is 6.20 Å². The van der Waals surface area contributed by atoms with Crippen molar-refractivity contribution in [1.82, 2.24) is 9.78 Å². The maximum absolute atomic E-state index is 13.7. The summed E-state index contributed by atoms with van der Waals surface area (Å²) in [6.45, 7) is 4.71. The Morgan fingerprint density at radius 2 is 2.05 bits per heavy atom. The van der Waals surface area contributed by atoms with Gasteiger partial charge in [0.2, 0.25) is 0 Å². The van der Waals surface area contributed by atoms with E-state index < -0.39 is 23.2 Å². The molecule has 0 bridgehead atoms. The molecule has 1 aromatic carbocycles. The van der Waals surface area contributed by atoms with Crippen LogP contribution in [-0.2, 0) is 10.3 Å². The number of nitrogens with zero attached hydrogens (tertiary/aromatic N) is 2. The lowest BCUT2D eigenvalue weighted by atomic mass is 10.1. The van der Waals surface area contributed by atoms with Gasteiger partial charge in [0.1, 0.15) is 5.82 Å². The summed E-state index contributed by atoms with van der Waals surface area (Å²) in [6.07, 6.45) is 2.70. The molecule has 0 aliphatic rings. The number of aromatic nitrogens is 2. The summed E-state index contributed by atoms with van der Waals surface area (Å²) >= 11 is 0. The minimum atomic E-state index is -1.25. The predicted molar refractivity (Wildman–Crippen MR) is 78.3 cm³/mol. The number of carboxylic acid groups (broad SMARTS) is 1. The molecule has 2 N–H and O–H groups in total. The van der Waals surface area contributed by atoms with Gasteiger partial charge in [0.15, 0.2) is 5.54 Å². The van der Waals surface area contributed by atoms with Crippen LogP contribution in [0.1, 0.15) is 29.8 Å². The molecule has 0 saturated carbocycles. The second kappa shape index (κ2) is 5.59. The van der Waals surface area contributed by atoms with E-state index in [2.05, 4.69) is 10.4 Å². The van der Waals surface area contributed by atoms with Crippen molar-refractivity contribution >= 4 is 17.6 Å². The van der Waals surface area contributed by atoms with Crippen LogP contribution in [0.2, 0.25) is 0 Å². The maximum Gasteiger partial charge on any atom is 0.331 e. The number of hydrogen-bond donors (Lipinski definition) is 2. The smallest absolute Gasteiger partial charge is 0.331 e. The van der Waals surface area contributed by atoms with Crippen LogP contribution < -0.4 is 5.32 Å². The van der Waals surface area contributed by atoms with Crippen LogP contribution in [-0.4, -0.2) is 26.8 Å². The number of aryl methyl sites for hydroxylation is 1. The van der Waals surface area contributed by atoms with Gasteiger partial charge in [-0.25, -0.2) is 9.18 Å². The number of amides is 1. The van der Waals surface area contributed by atoms with E-state index in [1.807, 2.05) is 0 Å². The van der Waals surface area contributed by atoms with Crippen molar-refractivity contribution in [3.8, 4) is 0 Å². The highest BCUT2D eigenvalue weighted by atomic mass is 19.1. The summed E-state index contributed by atoms with van der Waals surface area (Å²) in [7, 11) is 0. The van der Waals surface area contributed by atoms with Crippen molar-refractivity contribution in [2.24, 2.45) is 0 Å². The van der Waals surface area contributed by atoms with E-state index in [0.29, 0.717) is 5.69 Å². The number of carbonyl (C=O) groups excluding carboxylic acids is 1. The molecule has 0 aliphatic carbocycles. The highest BCUT2D eigenvalue weighted by molar-refractivity contribution is 6.04. The van der Waals surface area contributed by atoms with Crippen LogP contribution in [0.25, 0.3) is 0 Å². The molecule has 0 saturated heterocycles. The van der Waals surface area contributed by atoms with Gasteiger partial charge >= 0.3 is 5.97 Å². The van der Waals surface area contributed by atoms with Crippen molar-refractivity contribution in [3.05, 3.63) is 47.5 Å². The Hall–Kier alpha value is -2.70. The summed E-state index contributed by atoms with van der Waals surface area (Å²) in [5, 5.41) is 15.6. The van der Waals surface area contributed by atoms with Crippen molar-refractivity contribution in [1.29, 1.82) is 0 Å². The van der Waals surface area contributed by atoms with Gasteiger partial charge in [-0.3, -0.25) is 9.48 Å². The molecule has 1 amide bonds. The molecule has 2 rings (SSSR count). The van der Waals surface area contributed by atoms with Gasteiger partial charge < -0.3 is 10.4 Å². The number of hydrogen-bond acceptors (Lipinski definition) is 3. The Bertz CT molecular complexity index is 737. The van der Waals surface area contributed by atoms with Gasteiger partial charge in [-0.2, -0.15) is 5.10 Å². The number of carboxylic acids is 1. The van der Waals surface area contributed by atoms with E-state index in [9.17, 15) is 14.0 Å². The molecule has 7 heteroatoms. The fourth-order valence-corrected chi connectivity index (χ4v) is 1.80. The molecule has 22 heavy (non-hydrogen) atoms. The van der Waals surface area contributed by atoms with Gasteiger partial charge in [-0.1, -0.05) is 11.6 Å². The number of nitrogens with one attached hydrogen (secondary N) is 1. The highest BCUT2D eigenvalue weighted by Gasteiger charge is 2.30. The van der Waals surface area contributed by atoms with E-state index in [4.69, 9.17) is 5.11 Å². The summed E-state index contributed by atoms with van der Waals surface area (Å²) in [4.78, 5) is 23.2. The molecule has 0 spiro atoms. The normalized spacial score (nSPS) is 11.3. The van der Waals surface area contributed by atoms with E-state index in [0.717, 1.165) is 5.56 Å². The molecule has 0 atom stereocenters. The van der Waals surface area contributed by atoms with E-state index in [1.165, 1.54) is 43.1 Å². The van der Waals surface area contributed by atoms with Gasteiger partial charge in [-0.05, 0) is 32.9 Å². The van der Waals surface area contributed by atoms with E-state index >= 15 is 0 Å². The van der Waals surface area contributed by atoms with Crippen LogP contribution in [0, 0.1) is 12.7 Å². The quantitative estimate of drug-likeness (QED) is 0.908. The Balaban J connectivity index is 2.22. The first-order valence-corrected chi connectivity index (χ1v) is 6.58. The lowest BCUT2D eigenvalue weighted by Crippen LogP contribution is -2.35. The molecular weight excluding hydrogens is 289 g/mol. The van der Waals surface area contributed by atoms with Crippen LogP contribution >= 0.6 is 0 Å². The standard InChI is InChI=1S/C15H16FN3O3/c1-9-4-5-12(16)11(6-9)13(20)18-10-7-17-19(8-10)15(2,3)14(21)22/h4-8H,1-3H3,(H,18,20)(H,21,22). The summed E-state index contributed by atoms with van der Waals surface area (Å²) in [6, 6.07) is 4.23. The van der Waals surface area contributed by atoms with Crippen molar-refractivity contribution < 1.29 is 19.1 Å². The van der Waals surface area contributed by atoms with Gasteiger partial charge in [0.05, 0.1) is 17.4 Å². The monoisotopic (exact) mass is 305 g/mol. The number of benzene rings is 1. The molecule has 0 unspecified atom stereocenters. The minimum Gasteiger partial charge on any atom is -0.479 e. The topological polar surface area (TPSA) is 84.2 Å². The summed E-state index contributed by atoms with van der Waals surface area (Å²) in [5.74, 6) is -2.30. The maximum atomic E-state index is 13.7. The Labute approximate surface area is 126 Å². The molecule has 2 aromatic rings. The molecule has 1 aromatic heterocycles. The number of aliphatic carboxylic acids is 1. The van der Waals surface area contributed by atoms with Crippen LogP contribution in [0.5, 0.6) is 0 Å². The third-order valence-corrected chi connectivity index (χ3v) is 3.30. The van der Waals surface area contributed by atoms with Crippen LogP contribution in [0.15, 0.2) is 30.6 Å². The first-order valence-electron chi connectivity index (χ1n) is 6.58. The van der Waals surface area contributed by atoms with Gasteiger partial charge in [-0.15, -0.1) is 0 Å². The van der Waals surface area contributed by atoms with E-state index in [1.54, 1.807) is 13.0 Å². The summed E-state index contributed by atoms with van der Waals surface area (Å²) < 4.78 is 14.9. The molecule has 0 radical (unpaired) electrons. The van der Waals surface area contributed by atoms with Crippen LogP contribution in [0.4, 0.5) is 10.1 Å². The highest BCUT2D eigenvalue weighted by Crippen LogP contribution is 2.18. The Kier molecular flexibility index (Phi) is 3.99. The molecule has 0 fully saturated rings. The molecule has 6 nitrogen and oxygen atoms in total. The zero-order valence-corrected chi connectivity index (χ0v) is 12.4. The Morgan fingerprint density at radius 3 is 2.68 bits per heavy atom. The average Bonchev–Trinajstić information content (AvgIpc) is 2.90. The van der Waals surface area contributed by atoms with Crippen molar-refractivity contribution in [2.45, 2.75) is 26.3 Å². The van der Waals surface area contributed by atoms with Crippen LogP contribution in [0.3, 0.4) is 0 Å². The lowest BCUT2D eigenvalue weighted by Gasteiger charge is -2.19. The Morgan fingerprint density at radius 1 is 1.36 bits per heavy atom. The second-order valence-electron chi connectivity index (χ2n) is 5.48. The fourth-order valence-electron chi connectivity index (χ4n) is 1.80. The lowest BCUT2D eigenvalue weighted by molar-refractivity contribution is -0.146. The second-order valence-corrected chi connectivity index (χ2v) is 5.48. The minimum absolute atomic E-state index is 0.0785. The number of anilines is 1. The van der Waals surface area contributed by atoms with Gasteiger partial charge in [0.25, 0.3) is 5.91 Å². The average molecular weight is 305 g/mol. The molecule has 1 heterocycles. The predicted octanol–water partition coefficient (Wildman–Crippen LogP) is 2.40. The number of halogens is 1. The van der Waals surface area contributed by atoms with E-state index in [-0.39, 0.29) is 5.56 Å². The molecule has 116 valence electrons. The SMILES string of the molecule is Cc1ccc(F)c(C(=O)Nc2cnn(C(C)(C)C(=O)O)c2)c1. The molecule has 0 aliphatic heterocycles. The first kappa shape index (κ1) is 15.7. The third kappa shape index (κ3) is 2.98. The zero-order chi connectivity index (χ0) is 16.5. The number of rotatable bonds is 4.